The number of likely N-dealkylation sites (N-methyl/N-ethyl adjacent to an activating group) is 2. The number of nitrogens with one attached hydrogen (secondary N) is 1. The molecule has 1 rings (SSSR count). The second-order valence-electron chi connectivity index (χ2n) is 5.39. The van der Waals surface area contributed by atoms with Crippen molar-refractivity contribution in [1.82, 2.24) is 10.2 Å². The van der Waals surface area contributed by atoms with Crippen molar-refractivity contribution in [3.63, 3.8) is 0 Å². The molecule has 0 heterocycles. The van der Waals surface area contributed by atoms with E-state index in [9.17, 15) is 5.11 Å². The molecule has 2 atom stereocenters. The van der Waals surface area contributed by atoms with Gasteiger partial charge in [-0.05, 0) is 33.0 Å². The van der Waals surface area contributed by atoms with E-state index >= 15 is 0 Å². The minimum atomic E-state index is -0.387. The van der Waals surface area contributed by atoms with E-state index in [1.807, 2.05) is 25.2 Å². The van der Waals surface area contributed by atoms with Crippen LogP contribution in [0.2, 0.25) is 0 Å². The van der Waals surface area contributed by atoms with Gasteiger partial charge >= 0.3 is 0 Å². The standard InChI is InChI=1S/C16H28N2O2/c1-14(12-20-4)18(3)11-10-16(13-19,17-2)15-8-6-5-7-9-15/h5-9,14,17,19H,10-13H2,1-4H3. The number of aliphatic hydroxyl groups is 1. The maximum Gasteiger partial charge on any atom is 0.0678 e. The average molecular weight is 280 g/mol. The minimum Gasteiger partial charge on any atom is -0.394 e. The highest BCUT2D eigenvalue weighted by atomic mass is 16.5. The smallest absolute Gasteiger partial charge is 0.0678 e. The summed E-state index contributed by atoms with van der Waals surface area (Å²) in [5.41, 5.74) is 0.736. The van der Waals surface area contributed by atoms with E-state index in [0.717, 1.165) is 18.5 Å². The van der Waals surface area contributed by atoms with Gasteiger partial charge < -0.3 is 20.1 Å². The van der Waals surface area contributed by atoms with E-state index in [1.54, 1.807) is 7.11 Å². The molecule has 2 unspecified atom stereocenters. The predicted molar refractivity (Wildman–Crippen MR) is 82.9 cm³/mol. The SMILES string of the molecule is CNC(CO)(CCN(C)C(C)COC)c1ccccc1. The molecule has 0 fully saturated rings. The van der Waals surface area contributed by atoms with Crippen LogP contribution in [0.5, 0.6) is 0 Å². The molecule has 4 heteroatoms. The molecule has 2 N–H and O–H groups in total. The highest BCUT2D eigenvalue weighted by Gasteiger charge is 2.30. The number of benzene rings is 1. The molecule has 0 bridgehead atoms. The van der Waals surface area contributed by atoms with Crippen LogP contribution in [-0.4, -0.2) is 57.0 Å². The van der Waals surface area contributed by atoms with E-state index < -0.39 is 0 Å². The summed E-state index contributed by atoms with van der Waals surface area (Å²) in [6.45, 7) is 3.83. The van der Waals surface area contributed by atoms with Crippen LogP contribution < -0.4 is 5.32 Å². The lowest BCUT2D eigenvalue weighted by Gasteiger charge is -2.35. The second kappa shape index (κ2) is 8.37. The van der Waals surface area contributed by atoms with Gasteiger partial charge in [0.15, 0.2) is 0 Å². The Balaban J connectivity index is 2.73. The number of hydrogen-bond acceptors (Lipinski definition) is 4. The molecule has 0 aliphatic heterocycles. The van der Waals surface area contributed by atoms with Crippen LogP contribution in [-0.2, 0) is 10.3 Å². The lowest BCUT2D eigenvalue weighted by atomic mass is 9.87. The van der Waals surface area contributed by atoms with Gasteiger partial charge in [0.25, 0.3) is 0 Å². The number of hydrogen-bond donors (Lipinski definition) is 2. The van der Waals surface area contributed by atoms with Crippen LogP contribution in [0.3, 0.4) is 0 Å². The Morgan fingerprint density at radius 1 is 1.35 bits per heavy atom. The summed E-state index contributed by atoms with van der Waals surface area (Å²) in [5.74, 6) is 0. The lowest BCUT2D eigenvalue weighted by Crippen LogP contribution is -2.47. The largest absolute Gasteiger partial charge is 0.394 e. The fourth-order valence-electron chi connectivity index (χ4n) is 2.38. The summed E-state index contributed by atoms with van der Waals surface area (Å²) in [6.07, 6.45) is 0.842. The van der Waals surface area contributed by atoms with Crippen molar-refractivity contribution in [2.45, 2.75) is 24.9 Å². The van der Waals surface area contributed by atoms with Crippen molar-refractivity contribution in [2.75, 3.05) is 41.0 Å². The zero-order valence-corrected chi connectivity index (χ0v) is 13.1. The van der Waals surface area contributed by atoms with Crippen molar-refractivity contribution in [3.05, 3.63) is 35.9 Å². The molecule has 1 aromatic carbocycles. The zero-order valence-electron chi connectivity index (χ0n) is 13.1. The highest BCUT2D eigenvalue weighted by molar-refractivity contribution is 5.24. The summed E-state index contributed by atoms with van der Waals surface area (Å²) in [5, 5.41) is 13.2. The lowest BCUT2D eigenvalue weighted by molar-refractivity contribution is 0.0962. The molecule has 0 aliphatic carbocycles. The van der Waals surface area contributed by atoms with E-state index in [2.05, 4.69) is 36.3 Å². The highest BCUT2D eigenvalue weighted by Crippen LogP contribution is 2.24. The van der Waals surface area contributed by atoms with Crippen LogP contribution >= 0.6 is 0 Å². The van der Waals surface area contributed by atoms with Gasteiger partial charge in [-0.3, -0.25) is 0 Å². The molecule has 0 radical (unpaired) electrons. The van der Waals surface area contributed by atoms with Crippen LogP contribution in [0.15, 0.2) is 30.3 Å². The Morgan fingerprint density at radius 2 is 2.00 bits per heavy atom. The Kier molecular flexibility index (Phi) is 7.16. The number of ether oxygens (including phenoxy) is 1. The average Bonchev–Trinajstić information content (AvgIpc) is 2.50. The van der Waals surface area contributed by atoms with E-state index in [1.165, 1.54) is 0 Å². The van der Waals surface area contributed by atoms with Gasteiger partial charge in [0.2, 0.25) is 0 Å². The molecule has 4 nitrogen and oxygen atoms in total. The van der Waals surface area contributed by atoms with Gasteiger partial charge in [0.05, 0.1) is 18.8 Å². The molecule has 0 saturated carbocycles. The van der Waals surface area contributed by atoms with Crippen molar-refractivity contribution < 1.29 is 9.84 Å². The van der Waals surface area contributed by atoms with Gasteiger partial charge in [-0.2, -0.15) is 0 Å². The van der Waals surface area contributed by atoms with E-state index in [0.29, 0.717) is 12.6 Å². The summed E-state index contributed by atoms with van der Waals surface area (Å²) in [7, 11) is 5.72. The molecular formula is C16H28N2O2. The van der Waals surface area contributed by atoms with Gasteiger partial charge in [-0.1, -0.05) is 30.3 Å². The summed E-state index contributed by atoms with van der Waals surface area (Å²) >= 11 is 0. The van der Waals surface area contributed by atoms with Gasteiger partial charge in [-0.25, -0.2) is 0 Å². The Hall–Kier alpha value is -0.940. The van der Waals surface area contributed by atoms with Gasteiger partial charge in [0, 0.05) is 19.7 Å². The fourth-order valence-corrected chi connectivity index (χ4v) is 2.38. The van der Waals surface area contributed by atoms with E-state index in [-0.39, 0.29) is 12.1 Å². The monoisotopic (exact) mass is 280 g/mol. The van der Waals surface area contributed by atoms with Crippen LogP contribution in [0.25, 0.3) is 0 Å². The predicted octanol–water partition coefficient (Wildman–Crippen LogP) is 1.45. The Labute approximate surface area is 122 Å². The minimum absolute atomic E-state index is 0.0833. The molecule has 0 amide bonds. The van der Waals surface area contributed by atoms with Crippen molar-refractivity contribution in [2.24, 2.45) is 0 Å². The topological polar surface area (TPSA) is 44.7 Å². The van der Waals surface area contributed by atoms with Gasteiger partial charge in [0.1, 0.15) is 0 Å². The Bertz CT molecular complexity index is 366. The number of rotatable bonds is 9. The quantitative estimate of drug-likeness (QED) is 0.719. The van der Waals surface area contributed by atoms with Crippen LogP contribution in [0.1, 0.15) is 18.9 Å². The molecule has 1 aromatic rings. The van der Waals surface area contributed by atoms with Crippen molar-refractivity contribution >= 4 is 0 Å². The molecular weight excluding hydrogens is 252 g/mol. The first-order valence-corrected chi connectivity index (χ1v) is 7.14. The summed E-state index contributed by atoms with van der Waals surface area (Å²) in [6, 6.07) is 10.5. The molecule has 114 valence electrons. The molecule has 0 spiro atoms. The van der Waals surface area contributed by atoms with Gasteiger partial charge in [-0.15, -0.1) is 0 Å². The van der Waals surface area contributed by atoms with Crippen molar-refractivity contribution in [1.29, 1.82) is 0 Å². The number of nitrogens with zero attached hydrogens (tertiary/aromatic N) is 1. The second-order valence-corrected chi connectivity index (χ2v) is 5.39. The first-order valence-electron chi connectivity index (χ1n) is 7.14. The number of aliphatic hydroxyl groups excluding tert-OH is 1. The first kappa shape index (κ1) is 17.1. The molecule has 20 heavy (non-hydrogen) atoms. The third-order valence-corrected chi connectivity index (χ3v) is 4.13. The zero-order chi connectivity index (χ0) is 15.0. The molecule has 0 aromatic heterocycles. The third-order valence-electron chi connectivity index (χ3n) is 4.13. The number of methoxy groups -OCH3 is 1. The van der Waals surface area contributed by atoms with Crippen LogP contribution in [0, 0.1) is 0 Å². The third kappa shape index (κ3) is 4.28. The van der Waals surface area contributed by atoms with Crippen molar-refractivity contribution in [3.8, 4) is 0 Å². The normalized spacial score (nSPS) is 16.1. The fraction of sp³-hybridized carbons (Fsp3) is 0.625. The molecule has 0 aliphatic rings. The molecule has 0 saturated heterocycles. The summed E-state index contributed by atoms with van der Waals surface area (Å²) < 4.78 is 5.19. The maximum atomic E-state index is 9.88. The van der Waals surface area contributed by atoms with Crippen LogP contribution in [0.4, 0.5) is 0 Å². The summed E-state index contributed by atoms with van der Waals surface area (Å²) in [4.78, 5) is 2.26. The Morgan fingerprint density at radius 3 is 2.50 bits per heavy atom. The maximum absolute atomic E-state index is 9.88. The van der Waals surface area contributed by atoms with E-state index in [4.69, 9.17) is 4.74 Å². The first-order chi connectivity index (χ1) is 9.59.